The summed E-state index contributed by atoms with van der Waals surface area (Å²) in [4.78, 5) is 36.6. The summed E-state index contributed by atoms with van der Waals surface area (Å²) < 4.78 is 4.81. The van der Waals surface area contributed by atoms with Crippen LogP contribution in [0.15, 0.2) is 78.9 Å². The molecule has 33 heavy (non-hydrogen) atoms. The number of rotatable bonds is 7. The molecule has 0 atom stereocenters. The van der Waals surface area contributed by atoms with Crippen molar-refractivity contribution in [3.05, 3.63) is 95.6 Å². The van der Waals surface area contributed by atoms with Gasteiger partial charge in [-0.2, -0.15) is 0 Å². The van der Waals surface area contributed by atoms with Crippen LogP contribution in [0.4, 0.5) is 11.4 Å². The number of benzene rings is 3. The minimum Gasteiger partial charge on any atom is -0.465 e. The second-order valence-corrected chi connectivity index (χ2v) is 7.31. The van der Waals surface area contributed by atoms with Gasteiger partial charge in [0.1, 0.15) is 6.54 Å². The number of hydrogen-bond donors (Lipinski definition) is 3. The van der Waals surface area contributed by atoms with E-state index < -0.39 is 5.97 Å². The Labute approximate surface area is 191 Å². The van der Waals surface area contributed by atoms with E-state index in [4.69, 9.17) is 4.74 Å². The van der Waals surface area contributed by atoms with Gasteiger partial charge in [-0.25, -0.2) is 0 Å². The summed E-state index contributed by atoms with van der Waals surface area (Å²) in [6.07, 6.45) is 0. The smallest absolute Gasteiger partial charge is 0.325 e. The maximum atomic E-state index is 12.9. The molecule has 166 valence electrons. The second-order valence-electron chi connectivity index (χ2n) is 7.31. The molecule has 0 saturated carbocycles. The first kappa shape index (κ1) is 21.8. The van der Waals surface area contributed by atoms with Gasteiger partial charge in [0.2, 0.25) is 0 Å². The van der Waals surface area contributed by atoms with Crippen LogP contribution >= 0.6 is 0 Å². The number of ether oxygens (including phenoxy) is 1. The fraction of sp³-hybridized carbons (Fsp3) is 0.115. The number of esters is 1. The van der Waals surface area contributed by atoms with E-state index in [1.165, 1.54) is 0 Å². The second kappa shape index (κ2) is 9.82. The third kappa shape index (κ3) is 4.93. The average molecular weight is 441 g/mol. The topological polar surface area (TPSA) is 96.5 Å². The number of carbonyl (C=O) groups is 3. The van der Waals surface area contributed by atoms with Gasteiger partial charge in [0, 0.05) is 22.5 Å². The lowest BCUT2D eigenvalue weighted by Gasteiger charge is -2.15. The number of para-hydroxylation sites is 1. The van der Waals surface area contributed by atoms with Crippen molar-refractivity contribution in [3.63, 3.8) is 0 Å². The molecule has 7 nitrogen and oxygen atoms in total. The van der Waals surface area contributed by atoms with Crippen molar-refractivity contribution in [2.24, 2.45) is 0 Å². The van der Waals surface area contributed by atoms with Gasteiger partial charge in [0.15, 0.2) is 0 Å². The van der Waals surface area contributed by atoms with Gasteiger partial charge in [-0.1, -0.05) is 48.5 Å². The molecule has 4 rings (SSSR count). The predicted octanol–water partition coefficient (Wildman–Crippen LogP) is 3.91. The highest BCUT2D eigenvalue weighted by atomic mass is 16.5. The molecule has 1 aliphatic heterocycles. The Kier molecular flexibility index (Phi) is 6.50. The summed E-state index contributed by atoms with van der Waals surface area (Å²) in [5.74, 6) is -1.05. The molecular weight excluding hydrogens is 418 g/mol. The highest BCUT2D eigenvalue weighted by Gasteiger charge is 2.28. The Bertz CT molecular complexity index is 1220. The van der Waals surface area contributed by atoms with Gasteiger partial charge in [0.05, 0.1) is 17.9 Å². The molecule has 2 amide bonds. The van der Waals surface area contributed by atoms with Crippen molar-refractivity contribution >= 4 is 40.4 Å². The Hall–Kier alpha value is -4.39. The lowest BCUT2D eigenvalue weighted by atomic mass is 10.00. The predicted molar refractivity (Wildman–Crippen MR) is 127 cm³/mol. The molecule has 0 aromatic heterocycles. The van der Waals surface area contributed by atoms with Crippen molar-refractivity contribution in [1.29, 1.82) is 0 Å². The summed E-state index contributed by atoms with van der Waals surface area (Å²) in [7, 11) is 0. The van der Waals surface area contributed by atoms with Crippen LogP contribution in [0.5, 0.6) is 0 Å². The van der Waals surface area contributed by atoms with E-state index in [1.54, 1.807) is 31.2 Å². The first-order valence-corrected chi connectivity index (χ1v) is 10.6. The number of fused-ring (bicyclic) bond motifs is 1. The highest BCUT2D eigenvalue weighted by molar-refractivity contribution is 6.37. The standard InChI is InChI=1S/C26H23N3O4/c1-2-33-22(30)16-27-25(31)18-12-14-19(15-13-18)28-24(17-8-4-3-5-9-17)23-20-10-6-7-11-21(20)29-26(23)32/h3-15,28H,2,16H2,1H3,(H,27,31)(H,29,32). The van der Waals surface area contributed by atoms with Crippen LogP contribution in [-0.2, 0) is 14.3 Å². The van der Waals surface area contributed by atoms with E-state index in [1.807, 2.05) is 54.6 Å². The lowest BCUT2D eigenvalue weighted by molar-refractivity contribution is -0.141. The number of carbonyl (C=O) groups excluding carboxylic acids is 3. The van der Waals surface area contributed by atoms with Crippen LogP contribution in [0.1, 0.15) is 28.4 Å². The molecule has 0 aliphatic carbocycles. The first-order chi connectivity index (χ1) is 16.1. The normalized spacial score (nSPS) is 13.5. The van der Waals surface area contributed by atoms with Gasteiger partial charge < -0.3 is 20.7 Å². The molecule has 1 aliphatic rings. The summed E-state index contributed by atoms with van der Waals surface area (Å²) in [5, 5.41) is 8.80. The van der Waals surface area contributed by atoms with Crippen LogP contribution < -0.4 is 16.0 Å². The Balaban J connectivity index is 1.61. The van der Waals surface area contributed by atoms with Crippen molar-refractivity contribution < 1.29 is 19.1 Å². The third-order valence-electron chi connectivity index (χ3n) is 5.10. The van der Waals surface area contributed by atoms with Gasteiger partial charge in [-0.05, 0) is 42.8 Å². The molecule has 3 N–H and O–H groups in total. The maximum absolute atomic E-state index is 12.9. The molecule has 0 unspecified atom stereocenters. The summed E-state index contributed by atoms with van der Waals surface area (Å²) in [6.45, 7) is 1.78. The fourth-order valence-electron chi connectivity index (χ4n) is 3.57. The summed E-state index contributed by atoms with van der Waals surface area (Å²) in [6, 6.07) is 24.0. The summed E-state index contributed by atoms with van der Waals surface area (Å²) in [5.41, 5.74) is 4.77. The third-order valence-corrected chi connectivity index (χ3v) is 5.10. The average Bonchev–Trinajstić information content (AvgIpc) is 3.17. The zero-order valence-electron chi connectivity index (χ0n) is 18.1. The van der Waals surface area contributed by atoms with Crippen molar-refractivity contribution in [2.75, 3.05) is 23.8 Å². The SMILES string of the molecule is CCOC(=O)CNC(=O)c1ccc(NC(=C2C(=O)Nc3ccccc32)c2ccccc2)cc1. The Morgan fingerprint density at radius 1 is 0.879 bits per heavy atom. The van der Waals surface area contributed by atoms with E-state index in [0.717, 1.165) is 16.8 Å². The highest BCUT2D eigenvalue weighted by Crippen LogP contribution is 2.37. The van der Waals surface area contributed by atoms with E-state index in [9.17, 15) is 14.4 Å². The van der Waals surface area contributed by atoms with Crippen molar-refractivity contribution in [1.82, 2.24) is 5.32 Å². The van der Waals surface area contributed by atoms with Crippen LogP contribution in [0.3, 0.4) is 0 Å². The number of nitrogens with one attached hydrogen (secondary N) is 3. The monoisotopic (exact) mass is 441 g/mol. The van der Waals surface area contributed by atoms with Gasteiger partial charge >= 0.3 is 5.97 Å². The fourth-order valence-corrected chi connectivity index (χ4v) is 3.57. The largest absolute Gasteiger partial charge is 0.465 e. The van der Waals surface area contributed by atoms with Gasteiger partial charge in [0.25, 0.3) is 11.8 Å². The van der Waals surface area contributed by atoms with Crippen LogP contribution in [0.2, 0.25) is 0 Å². The van der Waals surface area contributed by atoms with E-state index in [0.29, 0.717) is 22.5 Å². The quantitative estimate of drug-likeness (QED) is 0.382. The Morgan fingerprint density at radius 2 is 1.58 bits per heavy atom. The molecule has 0 radical (unpaired) electrons. The maximum Gasteiger partial charge on any atom is 0.325 e. The van der Waals surface area contributed by atoms with Crippen LogP contribution in [-0.4, -0.2) is 30.9 Å². The number of anilines is 2. The molecule has 7 heteroatoms. The van der Waals surface area contributed by atoms with Crippen LogP contribution in [0, 0.1) is 0 Å². The molecule has 0 bridgehead atoms. The van der Waals surface area contributed by atoms with Gasteiger partial charge in [-0.3, -0.25) is 14.4 Å². The minimum absolute atomic E-state index is 0.183. The molecular formula is C26H23N3O4. The number of hydrogen-bond acceptors (Lipinski definition) is 5. The zero-order valence-corrected chi connectivity index (χ0v) is 18.1. The van der Waals surface area contributed by atoms with Crippen molar-refractivity contribution in [3.8, 4) is 0 Å². The molecule has 1 heterocycles. The Morgan fingerprint density at radius 3 is 2.30 bits per heavy atom. The van der Waals surface area contributed by atoms with Gasteiger partial charge in [-0.15, -0.1) is 0 Å². The zero-order chi connectivity index (χ0) is 23.2. The van der Waals surface area contributed by atoms with E-state index >= 15 is 0 Å². The molecule has 0 fully saturated rings. The number of amides is 2. The van der Waals surface area contributed by atoms with Crippen molar-refractivity contribution in [2.45, 2.75) is 6.92 Å². The van der Waals surface area contributed by atoms with E-state index in [2.05, 4.69) is 16.0 Å². The molecule has 3 aromatic rings. The first-order valence-electron chi connectivity index (χ1n) is 10.6. The molecule has 3 aromatic carbocycles. The molecule has 0 spiro atoms. The van der Waals surface area contributed by atoms with Crippen LogP contribution in [0.25, 0.3) is 11.3 Å². The minimum atomic E-state index is -0.488. The summed E-state index contributed by atoms with van der Waals surface area (Å²) >= 11 is 0. The molecule has 0 saturated heterocycles. The van der Waals surface area contributed by atoms with E-state index in [-0.39, 0.29) is 25.0 Å². The lowest BCUT2D eigenvalue weighted by Crippen LogP contribution is -2.30.